The van der Waals surface area contributed by atoms with Crippen molar-refractivity contribution < 1.29 is 4.79 Å². The standard InChI is InChI=1S/C12H13ClN4O/c1-8(2)12(18)15-10-7-17(16-11(10)13)9-4-3-5-14-6-9/h3-8H,1-2H3,(H,15,18). The van der Waals surface area contributed by atoms with Crippen molar-refractivity contribution in [3.05, 3.63) is 35.9 Å². The number of anilines is 1. The first-order valence-corrected chi connectivity index (χ1v) is 5.92. The highest BCUT2D eigenvalue weighted by Gasteiger charge is 2.13. The van der Waals surface area contributed by atoms with E-state index >= 15 is 0 Å². The zero-order valence-electron chi connectivity index (χ0n) is 10.1. The number of carbonyl (C=O) groups excluding carboxylic acids is 1. The quantitative estimate of drug-likeness (QED) is 0.927. The Kier molecular flexibility index (Phi) is 3.62. The van der Waals surface area contributed by atoms with Gasteiger partial charge in [-0.25, -0.2) is 4.68 Å². The number of aromatic nitrogens is 3. The molecule has 2 aromatic heterocycles. The summed E-state index contributed by atoms with van der Waals surface area (Å²) < 4.78 is 1.57. The number of amides is 1. The zero-order valence-corrected chi connectivity index (χ0v) is 10.8. The molecule has 2 heterocycles. The predicted molar refractivity (Wildman–Crippen MR) is 69.8 cm³/mol. The molecular formula is C12H13ClN4O. The number of carbonyl (C=O) groups is 1. The maximum absolute atomic E-state index is 11.6. The van der Waals surface area contributed by atoms with Crippen molar-refractivity contribution in [2.24, 2.45) is 5.92 Å². The van der Waals surface area contributed by atoms with Crippen LogP contribution in [-0.4, -0.2) is 20.7 Å². The molecule has 0 aliphatic heterocycles. The first kappa shape index (κ1) is 12.6. The van der Waals surface area contributed by atoms with E-state index in [1.807, 2.05) is 19.9 Å². The van der Waals surface area contributed by atoms with Crippen molar-refractivity contribution in [3.63, 3.8) is 0 Å². The molecule has 0 spiro atoms. The SMILES string of the molecule is CC(C)C(=O)Nc1cn(-c2cccnc2)nc1Cl. The zero-order chi connectivity index (χ0) is 13.1. The van der Waals surface area contributed by atoms with E-state index in [4.69, 9.17) is 11.6 Å². The van der Waals surface area contributed by atoms with Crippen LogP contribution >= 0.6 is 11.6 Å². The largest absolute Gasteiger partial charge is 0.322 e. The van der Waals surface area contributed by atoms with Gasteiger partial charge in [0, 0.05) is 12.1 Å². The van der Waals surface area contributed by atoms with Gasteiger partial charge in [0.1, 0.15) is 0 Å². The number of hydrogen-bond donors (Lipinski definition) is 1. The summed E-state index contributed by atoms with van der Waals surface area (Å²) in [5.74, 6) is -0.203. The lowest BCUT2D eigenvalue weighted by Crippen LogP contribution is -2.17. The third-order valence-electron chi connectivity index (χ3n) is 2.36. The summed E-state index contributed by atoms with van der Waals surface area (Å²) in [6, 6.07) is 3.65. The molecule has 6 heteroatoms. The summed E-state index contributed by atoms with van der Waals surface area (Å²) in [6.45, 7) is 3.63. The highest BCUT2D eigenvalue weighted by atomic mass is 35.5. The molecule has 18 heavy (non-hydrogen) atoms. The average molecular weight is 265 g/mol. The normalized spacial score (nSPS) is 10.7. The van der Waals surface area contributed by atoms with Crippen molar-refractivity contribution >= 4 is 23.2 Å². The Bertz CT molecular complexity index is 550. The van der Waals surface area contributed by atoms with Gasteiger partial charge in [-0.2, -0.15) is 5.10 Å². The van der Waals surface area contributed by atoms with Gasteiger partial charge < -0.3 is 5.32 Å². The van der Waals surface area contributed by atoms with Crippen LogP contribution in [0.2, 0.25) is 5.15 Å². The van der Waals surface area contributed by atoms with Gasteiger partial charge in [-0.15, -0.1) is 0 Å². The monoisotopic (exact) mass is 264 g/mol. The fourth-order valence-corrected chi connectivity index (χ4v) is 1.51. The second kappa shape index (κ2) is 5.18. The second-order valence-electron chi connectivity index (χ2n) is 4.13. The molecular weight excluding hydrogens is 252 g/mol. The van der Waals surface area contributed by atoms with Gasteiger partial charge in [-0.3, -0.25) is 9.78 Å². The maximum Gasteiger partial charge on any atom is 0.227 e. The van der Waals surface area contributed by atoms with Crippen LogP contribution in [0.3, 0.4) is 0 Å². The van der Waals surface area contributed by atoms with Crippen LogP contribution in [0.5, 0.6) is 0 Å². The van der Waals surface area contributed by atoms with E-state index in [-0.39, 0.29) is 17.0 Å². The molecule has 0 saturated heterocycles. The minimum Gasteiger partial charge on any atom is -0.322 e. The Morgan fingerprint density at radius 3 is 2.89 bits per heavy atom. The van der Waals surface area contributed by atoms with Crippen LogP contribution in [0.4, 0.5) is 5.69 Å². The van der Waals surface area contributed by atoms with Crippen molar-refractivity contribution in [2.75, 3.05) is 5.32 Å². The van der Waals surface area contributed by atoms with Gasteiger partial charge in [-0.05, 0) is 12.1 Å². The molecule has 2 rings (SSSR count). The van der Waals surface area contributed by atoms with E-state index in [1.54, 1.807) is 29.3 Å². The van der Waals surface area contributed by atoms with Gasteiger partial charge in [0.05, 0.1) is 23.8 Å². The summed E-state index contributed by atoms with van der Waals surface area (Å²) in [6.07, 6.45) is 5.01. The summed E-state index contributed by atoms with van der Waals surface area (Å²) in [5, 5.41) is 7.10. The van der Waals surface area contributed by atoms with E-state index in [0.717, 1.165) is 5.69 Å². The second-order valence-corrected chi connectivity index (χ2v) is 4.49. The topological polar surface area (TPSA) is 59.8 Å². The molecule has 0 aromatic carbocycles. The van der Waals surface area contributed by atoms with E-state index in [2.05, 4.69) is 15.4 Å². The van der Waals surface area contributed by atoms with Crippen LogP contribution in [0, 0.1) is 5.92 Å². The van der Waals surface area contributed by atoms with Crippen LogP contribution in [-0.2, 0) is 4.79 Å². The van der Waals surface area contributed by atoms with E-state index in [9.17, 15) is 4.79 Å². The highest BCUT2D eigenvalue weighted by Crippen LogP contribution is 2.22. The molecule has 0 bridgehead atoms. The molecule has 2 aromatic rings. The molecule has 0 atom stereocenters. The summed E-state index contributed by atoms with van der Waals surface area (Å²) in [7, 11) is 0. The van der Waals surface area contributed by atoms with Gasteiger partial charge in [0.25, 0.3) is 0 Å². The predicted octanol–water partition coefficient (Wildman–Crippen LogP) is 2.52. The molecule has 0 aliphatic rings. The minimum atomic E-state index is -0.109. The number of rotatable bonds is 3. The molecule has 1 N–H and O–H groups in total. The Hall–Kier alpha value is -1.88. The Labute approximate surface area is 110 Å². The Morgan fingerprint density at radius 1 is 1.50 bits per heavy atom. The van der Waals surface area contributed by atoms with Crippen molar-refractivity contribution in [1.29, 1.82) is 0 Å². The smallest absolute Gasteiger partial charge is 0.227 e. The maximum atomic E-state index is 11.6. The van der Waals surface area contributed by atoms with Gasteiger partial charge in [-0.1, -0.05) is 25.4 Å². The lowest BCUT2D eigenvalue weighted by atomic mass is 10.2. The fourth-order valence-electron chi connectivity index (χ4n) is 1.34. The molecule has 94 valence electrons. The van der Waals surface area contributed by atoms with Crippen LogP contribution in [0.15, 0.2) is 30.7 Å². The summed E-state index contributed by atoms with van der Waals surface area (Å²) in [5.41, 5.74) is 1.28. The van der Waals surface area contributed by atoms with Crippen LogP contribution in [0.25, 0.3) is 5.69 Å². The van der Waals surface area contributed by atoms with Gasteiger partial charge in [0.15, 0.2) is 5.15 Å². The molecule has 1 amide bonds. The van der Waals surface area contributed by atoms with E-state index in [1.165, 1.54) is 0 Å². The van der Waals surface area contributed by atoms with Crippen LogP contribution in [0.1, 0.15) is 13.8 Å². The van der Waals surface area contributed by atoms with Gasteiger partial charge >= 0.3 is 0 Å². The molecule has 0 saturated carbocycles. The summed E-state index contributed by atoms with van der Waals surface area (Å²) in [4.78, 5) is 15.6. The highest BCUT2D eigenvalue weighted by molar-refractivity contribution is 6.32. The average Bonchev–Trinajstić information content (AvgIpc) is 2.72. The van der Waals surface area contributed by atoms with Gasteiger partial charge in [0.2, 0.25) is 5.91 Å². The Balaban J connectivity index is 2.25. The number of halogens is 1. The molecule has 0 fully saturated rings. The van der Waals surface area contributed by atoms with Crippen LogP contribution < -0.4 is 5.32 Å². The fraction of sp³-hybridized carbons (Fsp3) is 0.250. The Morgan fingerprint density at radius 2 is 2.28 bits per heavy atom. The first-order valence-electron chi connectivity index (χ1n) is 5.54. The number of nitrogens with one attached hydrogen (secondary N) is 1. The van der Waals surface area contributed by atoms with Crippen molar-refractivity contribution in [1.82, 2.24) is 14.8 Å². The molecule has 0 aliphatic carbocycles. The number of pyridine rings is 1. The summed E-state index contributed by atoms with van der Waals surface area (Å²) >= 11 is 5.98. The number of nitrogens with zero attached hydrogens (tertiary/aromatic N) is 3. The third kappa shape index (κ3) is 2.68. The van der Waals surface area contributed by atoms with Crippen molar-refractivity contribution in [3.8, 4) is 5.69 Å². The third-order valence-corrected chi connectivity index (χ3v) is 2.64. The lowest BCUT2D eigenvalue weighted by Gasteiger charge is -2.04. The van der Waals surface area contributed by atoms with Crippen molar-refractivity contribution in [2.45, 2.75) is 13.8 Å². The van der Waals surface area contributed by atoms with E-state index < -0.39 is 0 Å². The lowest BCUT2D eigenvalue weighted by molar-refractivity contribution is -0.118. The number of hydrogen-bond acceptors (Lipinski definition) is 3. The minimum absolute atomic E-state index is 0.0948. The molecule has 0 radical (unpaired) electrons. The molecule has 5 nitrogen and oxygen atoms in total. The molecule has 0 unspecified atom stereocenters. The first-order chi connectivity index (χ1) is 8.58. The van der Waals surface area contributed by atoms with E-state index in [0.29, 0.717) is 5.69 Å².